The zero-order valence-electron chi connectivity index (χ0n) is 14.7. The average Bonchev–Trinajstić information content (AvgIpc) is 3.41. The molecule has 0 radical (unpaired) electrons. The zero-order chi connectivity index (χ0) is 16.6. The Kier molecular flexibility index (Phi) is 4.36. The van der Waals surface area contributed by atoms with Gasteiger partial charge in [-0.3, -0.25) is 4.90 Å². The van der Waals surface area contributed by atoms with Crippen LogP contribution in [0.3, 0.4) is 0 Å². The summed E-state index contributed by atoms with van der Waals surface area (Å²) in [7, 11) is 0. The van der Waals surface area contributed by atoms with Crippen molar-refractivity contribution < 1.29 is 4.74 Å². The van der Waals surface area contributed by atoms with Gasteiger partial charge >= 0.3 is 0 Å². The lowest BCUT2D eigenvalue weighted by Crippen LogP contribution is -2.23. The fourth-order valence-corrected chi connectivity index (χ4v) is 5.37. The molecule has 134 valence electrons. The van der Waals surface area contributed by atoms with E-state index in [1.54, 1.807) is 11.3 Å². The van der Waals surface area contributed by atoms with E-state index >= 15 is 0 Å². The van der Waals surface area contributed by atoms with Crippen molar-refractivity contribution in [2.75, 3.05) is 13.2 Å². The molecular formula is C19H26N4OS. The zero-order valence-corrected chi connectivity index (χ0v) is 15.5. The van der Waals surface area contributed by atoms with E-state index in [0.717, 1.165) is 44.0 Å². The molecule has 6 heteroatoms. The molecule has 2 unspecified atom stereocenters. The Labute approximate surface area is 152 Å². The monoisotopic (exact) mass is 358 g/mol. The van der Waals surface area contributed by atoms with E-state index in [-0.39, 0.29) is 6.10 Å². The van der Waals surface area contributed by atoms with Crippen molar-refractivity contribution in [1.82, 2.24) is 19.9 Å². The van der Waals surface area contributed by atoms with Crippen LogP contribution >= 0.6 is 11.3 Å². The number of thiazole rings is 1. The fraction of sp³-hybridized carbons (Fsp3) is 0.684. The maximum Gasteiger partial charge on any atom is 0.124 e. The number of ether oxygens (including phenoxy) is 1. The first-order valence-electron chi connectivity index (χ1n) is 9.74. The standard InChI is InChI=1S/C19H26N4OS/c1-2-6-15-14(5-1)21-18(22-15)16-7-3-9-23(16)11-13-12-25-19(20-13)17-8-4-10-24-17/h12,16-17H,1-11H2,(H,21,22). The van der Waals surface area contributed by atoms with Crippen LogP contribution in [0.15, 0.2) is 5.38 Å². The van der Waals surface area contributed by atoms with Gasteiger partial charge in [-0.15, -0.1) is 11.3 Å². The van der Waals surface area contributed by atoms with E-state index in [2.05, 4.69) is 15.3 Å². The van der Waals surface area contributed by atoms with Crippen LogP contribution in [0.1, 0.15) is 78.6 Å². The van der Waals surface area contributed by atoms with Crippen molar-refractivity contribution in [2.24, 2.45) is 0 Å². The predicted octanol–water partition coefficient (Wildman–Crippen LogP) is 3.93. The van der Waals surface area contributed by atoms with Crippen molar-refractivity contribution >= 4 is 11.3 Å². The lowest BCUT2D eigenvalue weighted by atomic mass is 10.0. The molecule has 0 aromatic carbocycles. The van der Waals surface area contributed by atoms with Crippen LogP contribution in [-0.4, -0.2) is 33.0 Å². The molecule has 2 aromatic rings. The van der Waals surface area contributed by atoms with Crippen LogP contribution < -0.4 is 0 Å². The van der Waals surface area contributed by atoms with Gasteiger partial charge < -0.3 is 9.72 Å². The molecule has 5 rings (SSSR count). The molecule has 2 atom stereocenters. The highest BCUT2D eigenvalue weighted by Crippen LogP contribution is 2.35. The summed E-state index contributed by atoms with van der Waals surface area (Å²) in [6.07, 6.45) is 9.89. The fourth-order valence-electron chi connectivity index (χ4n) is 4.48. The van der Waals surface area contributed by atoms with E-state index in [4.69, 9.17) is 14.7 Å². The second kappa shape index (κ2) is 6.82. The number of H-pyrrole nitrogens is 1. The molecule has 0 saturated carbocycles. The molecule has 1 aliphatic carbocycles. The van der Waals surface area contributed by atoms with Gasteiger partial charge in [-0.1, -0.05) is 0 Å². The van der Waals surface area contributed by atoms with E-state index < -0.39 is 0 Å². The van der Waals surface area contributed by atoms with E-state index in [1.807, 2.05) is 0 Å². The van der Waals surface area contributed by atoms with Crippen molar-refractivity contribution in [1.29, 1.82) is 0 Å². The first-order chi connectivity index (χ1) is 12.4. The third-order valence-corrected chi connectivity index (χ3v) is 6.78. The number of likely N-dealkylation sites (tertiary alicyclic amines) is 1. The summed E-state index contributed by atoms with van der Waals surface area (Å²) in [5, 5.41) is 3.39. The highest BCUT2D eigenvalue weighted by molar-refractivity contribution is 7.09. The molecule has 1 N–H and O–H groups in total. The third-order valence-electron chi connectivity index (χ3n) is 5.79. The highest BCUT2D eigenvalue weighted by atomic mass is 32.1. The number of nitrogens with zero attached hydrogens (tertiary/aromatic N) is 3. The lowest BCUT2D eigenvalue weighted by molar-refractivity contribution is 0.111. The molecule has 5 nitrogen and oxygen atoms in total. The molecule has 0 bridgehead atoms. The maximum absolute atomic E-state index is 5.78. The van der Waals surface area contributed by atoms with Crippen molar-refractivity contribution in [3.05, 3.63) is 33.3 Å². The number of hydrogen-bond donors (Lipinski definition) is 1. The largest absolute Gasteiger partial charge is 0.371 e. The van der Waals surface area contributed by atoms with E-state index in [9.17, 15) is 0 Å². The number of imidazole rings is 1. The summed E-state index contributed by atoms with van der Waals surface area (Å²) in [5.74, 6) is 1.19. The number of rotatable bonds is 4. The summed E-state index contributed by atoms with van der Waals surface area (Å²) in [6.45, 7) is 2.96. The van der Waals surface area contributed by atoms with Crippen LogP contribution in [0.2, 0.25) is 0 Å². The lowest BCUT2D eigenvalue weighted by Gasteiger charge is -2.21. The van der Waals surface area contributed by atoms with Gasteiger partial charge in [0.15, 0.2) is 0 Å². The van der Waals surface area contributed by atoms with Gasteiger partial charge in [0.25, 0.3) is 0 Å². The second-order valence-electron chi connectivity index (χ2n) is 7.56. The Balaban J connectivity index is 1.30. The van der Waals surface area contributed by atoms with Gasteiger partial charge in [-0.25, -0.2) is 9.97 Å². The topological polar surface area (TPSA) is 54.0 Å². The van der Waals surface area contributed by atoms with Crippen LogP contribution in [-0.2, 0) is 24.1 Å². The highest BCUT2D eigenvalue weighted by Gasteiger charge is 2.30. The number of aryl methyl sites for hydroxylation is 2. The van der Waals surface area contributed by atoms with Crippen molar-refractivity contribution in [2.45, 2.75) is 70.1 Å². The molecule has 0 amide bonds. The van der Waals surface area contributed by atoms with Gasteiger partial charge in [-0.2, -0.15) is 0 Å². The van der Waals surface area contributed by atoms with Crippen LogP contribution in [0, 0.1) is 0 Å². The number of aromatic nitrogens is 3. The molecule has 2 fully saturated rings. The first kappa shape index (κ1) is 16.0. The van der Waals surface area contributed by atoms with E-state index in [0.29, 0.717) is 6.04 Å². The van der Waals surface area contributed by atoms with Gasteiger partial charge in [-0.05, 0) is 57.9 Å². The molecule has 4 heterocycles. The van der Waals surface area contributed by atoms with Crippen LogP contribution in [0.5, 0.6) is 0 Å². The smallest absolute Gasteiger partial charge is 0.124 e. The van der Waals surface area contributed by atoms with Gasteiger partial charge in [0, 0.05) is 24.2 Å². The molecule has 2 saturated heterocycles. The maximum atomic E-state index is 5.78. The minimum atomic E-state index is 0.241. The number of fused-ring (bicyclic) bond motifs is 1. The van der Waals surface area contributed by atoms with Crippen molar-refractivity contribution in [3.63, 3.8) is 0 Å². The van der Waals surface area contributed by atoms with Gasteiger partial charge in [0.05, 0.1) is 17.4 Å². The summed E-state index contributed by atoms with van der Waals surface area (Å²) in [6, 6.07) is 0.429. The molecular weight excluding hydrogens is 332 g/mol. The molecule has 25 heavy (non-hydrogen) atoms. The number of aromatic amines is 1. The Morgan fingerprint density at radius 2 is 2.12 bits per heavy atom. The average molecular weight is 359 g/mol. The van der Waals surface area contributed by atoms with Crippen molar-refractivity contribution in [3.8, 4) is 0 Å². The second-order valence-corrected chi connectivity index (χ2v) is 8.45. The number of hydrogen-bond acceptors (Lipinski definition) is 5. The van der Waals surface area contributed by atoms with Crippen LogP contribution in [0.25, 0.3) is 0 Å². The normalized spacial score (nSPS) is 27.0. The molecule has 2 aliphatic heterocycles. The predicted molar refractivity (Wildman–Crippen MR) is 97.7 cm³/mol. The molecule has 3 aliphatic rings. The third kappa shape index (κ3) is 3.15. The Morgan fingerprint density at radius 3 is 3.00 bits per heavy atom. The summed E-state index contributed by atoms with van der Waals surface area (Å²) in [5.41, 5.74) is 3.91. The number of nitrogens with one attached hydrogen (secondary N) is 1. The molecule has 2 aromatic heterocycles. The summed E-state index contributed by atoms with van der Waals surface area (Å²) < 4.78 is 5.78. The Bertz CT molecular complexity index is 710. The van der Waals surface area contributed by atoms with Gasteiger partial charge in [0.2, 0.25) is 0 Å². The summed E-state index contributed by atoms with van der Waals surface area (Å²) >= 11 is 1.76. The quantitative estimate of drug-likeness (QED) is 0.900. The van der Waals surface area contributed by atoms with E-state index in [1.165, 1.54) is 55.0 Å². The van der Waals surface area contributed by atoms with Gasteiger partial charge in [0.1, 0.15) is 16.9 Å². The minimum Gasteiger partial charge on any atom is -0.371 e. The SMILES string of the molecule is c1sc(C2CCCO2)nc1CN1CCCC1c1nc2c([nH]1)CCCC2. The Morgan fingerprint density at radius 1 is 1.16 bits per heavy atom. The first-order valence-corrected chi connectivity index (χ1v) is 10.6. The molecule has 0 spiro atoms. The Hall–Kier alpha value is -1.24. The minimum absolute atomic E-state index is 0.241. The van der Waals surface area contributed by atoms with Crippen LogP contribution in [0.4, 0.5) is 0 Å². The summed E-state index contributed by atoms with van der Waals surface area (Å²) in [4.78, 5) is 16.0.